The third-order valence-electron chi connectivity index (χ3n) is 7.06. The van der Waals surface area contributed by atoms with Gasteiger partial charge in [0.1, 0.15) is 5.82 Å². The summed E-state index contributed by atoms with van der Waals surface area (Å²) in [4.78, 5) is 54.1. The number of amides is 1. The Morgan fingerprint density at radius 1 is 1.10 bits per heavy atom. The van der Waals surface area contributed by atoms with Gasteiger partial charge in [0.25, 0.3) is 11.5 Å². The van der Waals surface area contributed by atoms with Crippen molar-refractivity contribution in [2.45, 2.75) is 73.1 Å². The highest BCUT2D eigenvalue weighted by Gasteiger charge is 2.26. The minimum Gasteiger partial charge on any atom is -0.466 e. The number of esters is 2. The molecule has 1 atom stereocenters. The molecule has 1 unspecified atom stereocenters. The first-order valence-electron chi connectivity index (χ1n) is 14.0. The number of hydrogen-bond donors (Lipinski definition) is 2. The van der Waals surface area contributed by atoms with E-state index in [0.29, 0.717) is 41.9 Å². The van der Waals surface area contributed by atoms with E-state index in [4.69, 9.17) is 9.47 Å². The molecule has 1 amide bonds. The van der Waals surface area contributed by atoms with Crippen LogP contribution in [-0.4, -0.2) is 40.5 Å². The summed E-state index contributed by atoms with van der Waals surface area (Å²) in [5, 5.41) is 6.82. The smallest absolute Gasteiger partial charge is 0.312 e. The number of rotatable bonds is 10. The summed E-state index contributed by atoms with van der Waals surface area (Å²) in [6, 6.07) is 11.1. The number of carbonyl (C=O) groups is 3. The molecule has 1 aliphatic rings. The first kappa shape index (κ1) is 29.8. The van der Waals surface area contributed by atoms with Gasteiger partial charge in [-0.1, -0.05) is 0 Å². The average molecular weight is 563 g/mol. The largest absolute Gasteiger partial charge is 0.466 e. The first-order valence-corrected chi connectivity index (χ1v) is 14.0. The molecule has 0 aliphatic heterocycles. The number of fused-ring (bicyclic) bond motifs is 2. The quantitative estimate of drug-likeness (QED) is 0.274. The van der Waals surface area contributed by atoms with E-state index in [9.17, 15) is 19.2 Å². The van der Waals surface area contributed by atoms with Crippen LogP contribution in [0.25, 0.3) is 10.9 Å². The standard InChI is InChI=1S/C31H38N4O6/c1-6-40-27(36)8-7-15-32-28(37)20-9-12-22(13-10-20)34-25-14-11-21-16-26-24(17-23(21)25)29(38)35(19(2)33-26)18-41-30(39)31(3,4)5/h9-10,12-13,16-17,25,34H,6-8,11,14-15,18H2,1-5H3,(H,32,37). The second-order valence-electron chi connectivity index (χ2n) is 11.2. The molecule has 10 heteroatoms. The summed E-state index contributed by atoms with van der Waals surface area (Å²) in [5.41, 5.74) is 3.26. The van der Waals surface area contributed by atoms with Gasteiger partial charge in [-0.05, 0) is 101 Å². The molecule has 0 fully saturated rings. The molecule has 1 aromatic heterocycles. The number of aromatic nitrogens is 2. The van der Waals surface area contributed by atoms with E-state index >= 15 is 0 Å². The number of carbonyl (C=O) groups excluding carboxylic acids is 3. The van der Waals surface area contributed by atoms with Gasteiger partial charge in [0.05, 0.1) is 29.0 Å². The van der Waals surface area contributed by atoms with Crippen molar-refractivity contribution in [3.63, 3.8) is 0 Å². The molecule has 4 rings (SSSR count). The Kier molecular flexibility index (Phi) is 9.10. The van der Waals surface area contributed by atoms with Gasteiger partial charge in [-0.3, -0.25) is 23.7 Å². The Balaban J connectivity index is 1.44. The lowest BCUT2D eigenvalue weighted by Crippen LogP contribution is -2.30. The molecule has 0 spiro atoms. The SMILES string of the molecule is CCOC(=O)CCCNC(=O)c1ccc(NC2CCc3cc4nc(C)n(COC(=O)C(C)(C)C)c(=O)c4cc32)cc1. The molecule has 0 radical (unpaired) electrons. The second-order valence-corrected chi connectivity index (χ2v) is 11.2. The van der Waals surface area contributed by atoms with Gasteiger partial charge in [-0.15, -0.1) is 0 Å². The molecular formula is C31H38N4O6. The predicted molar refractivity (Wildman–Crippen MR) is 156 cm³/mol. The van der Waals surface area contributed by atoms with Crippen molar-refractivity contribution in [2.24, 2.45) is 5.41 Å². The molecule has 1 heterocycles. The van der Waals surface area contributed by atoms with Crippen molar-refractivity contribution < 1.29 is 23.9 Å². The van der Waals surface area contributed by atoms with Gasteiger partial charge in [-0.25, -0.2) is 4.98 Å². The molecule has 1 aliphatic carbocycles. The number of benzene rings is 2. The van der Waals surface area contributed by atoms with Crippen molar-refractivity contribution in [2.75, 3.05) is 18.5 Å². The zero-order valence-corrected chi connectivity index (χ0v) is 24.3. The van der Waals surface area contributed by atoms with Crippen molar-refractivity contribution in [3.8, 4) is 0 Å². The molecule has 10 nitrogen and oxygen atoms in total. The van der Waals surface area contributed by atoms with Crippen LogP contribution in [0.3, 0.4) is 0 Å². The average Bonchev–Trinajstić information content (AvgIpc) is 3.31. The predicted octanol–water partition coefficient (Wildman–Crippen LogP) is 4.42. The van der Waals surface area contributed by atoms with E-state index in [1.54, 1.807) is 46.8 Å². The lowest BCUT2D eigenvalue weighted by molar-refractivity contribution is -0.157. The maximum atomic E-state index is 13.4. The van der Waals surface area contributed by atoms with Gasteiger partial charge < -0.3 is 20.1 Å². The zero-order chi connectivity index (χ0) is 29.7. The number of anilines is 1. The Morgan fingerprint density at radius 3 is 2.51 bits per heavy atom. The van der Waals surface area contributed by atoms with Crippen molar-refractivity contribution in [3.05, 3.63) is 69.3 Å². The van der Waals surface area contributed by atoms with E-state index in [1.807, 2.05) is 24.3 Å². The third-order valence-corrected chi connectivity index (χ3v) is 7.06. The van der Waals surface area contributed by atoms with Crippen molar-refractivity contribution >= 4 is 34.4 Å². The topological polar surface area (TPSA) is 129 Å². The first-order chi connectivity index (χ1) is 19.5. The highest BCUT2D eigenvalue weighted by atomic mass is 16.5. The van der Waals surface area contributed by atoms with E-state index in [1.165, 1.54) is 4.57 Å². The number of nitrogens with one attached hydrogen (secondary N) is 2. The maximum absolute atomic E-state index is 13.4. The summed E-state index contributed by atoms with van der Waals surface area (Å²) in [6.07, 6.45) is 2.48. The normalized spacial score (nSPS) is 14.4. The Bertz CT molecular complexity index is 1500. The van der Waals surface area contributed by atoms with E-state index in [-0.39, 0.29) is 42.6 Å². The second kappa shape index (κ2) is 12.5. The highest BCUT2D eigenvalue weighted by Crippen LogP contribution is 2.35. The van der Waals surface area contributed by atoms with Crippen LogP contribution < -0.4 is 16.2 Å². The van der Waals surface area contributed by atoms with Crippen LogP contribution in [0.4, 0.5) is 5.69 Å². The van der Waals surface area contributed by atoms with Crippen LogP contribution in [-0.2, 0) is 32.2 Å². The molecule has 218 valence electrons. The van der Waals surface area contributed by atoms with Crippen LogP contribution in [0.15, 0.2) is 41.2 Å². The molecule has 41 heavy (non-hydrogen) atoms. The number of aryl methyl sites for hydroxylation is 2. The number of nitrogens with zero attached hydrogens (tertiary/aromatic N) is 2. The Labute approximate surface area is 239 Å². The fraction of sp³-hybridized carbons (Fsp3) is 0.452. The maximum Gasteiger partial charge on any atom is 0.312 e. The van der Waals surface area contributed by atoms with Crippen LogP contribution in [0.5, 0.6) is 0 Å². The fourth-order valence-corrected chi connectivity index (χ4v) is 4.77. The monoisotopic (exact) mass is 562 g/mol. The van der Waals surface area contributed by atoms with E-state index in [0.717, 1.165) is 29.7 Å². The van der Waals surface area contributed by atoms with Crippen LogP contribution in [0.1, 0.15) is 80.3 Å². The molecule has 2 N–H and O–H groups in total. The minimum atomic E-state index is -0.672. The third kappa shape index (κ3) is 7.11. The van der Waals surface area contributed by atoms with Gasteiger partial charge in [-0.2, -0.15) is 0 Å². The van der Waals surface area contributed by atoms with E-state index < -0.39 is 5.41 Å². The van der Waals surface area contributed by atoms with Crippen molar-refractivity contribution in [1.29, 1.82) is 0 Å². The summed E-state index contributed by atoms with van der Waals surface area (Å²) in [6.45, 7) is 9.33. The molecular weight excluding hydrogens is 524 g/mol. The summed E-state index contributed by atoms with van der Waals surface area (Å²) < 4.78 is 11.7. The van der Waals surface area contributed by atoms with Gasteiger partial charge in [0.15, 0.2) is 6.73 Å². The van der Waals surface area contributed by atoms with Gasteiger partial charge in [0.2, 0.25) is 0 Å². The Hall–Kier alpha value is -4.21. The van der Waals surface area contributed by atoms with Crippen LogP contribution >= 0.6 is 0 Å². The highest BCUT2D eigenvalue weighted by molar-refractivity contribution is 5.94. The van der Waals surface area contributed by atoms with Gasteiger partial charge in [0, 0.05) is 24.2 Å². The molecule has 0 bridgehead atoms. The lowest BCUT2D eigenvalue weighted by Gasteiger charge is -2.19. The number of ether oxygens (including phenoxy) is 2. The van der Waals surface area contributed by atoms with E-state index in [2.05, 4.69) is 15.6 Å². The summed E-state index contributed by atoms with van der Waals surface area (Å²) in [7, 11) is 0. The van der Waals surface area contributed by atoms with Gasteiger partial charge >= 0.3 is 11.9 Å². The van der Waals surface area contributed by atoms with Crippen LogP contribution in [0.2, 0.25) is 0 Å². The minimum absolute atomic E-state index is 0.00942. The molecule has 0 saturated heterocycles. The molecule has 2 aromatic carbocycles. The zero-order valence-electron chi connectivity index (χ0n) is 24.3. The number of hydrogen-bond acceptors (Lipinski definition) is 8. The van der Waals surface area contributed by atoms with Crippen LogP contribution in [0, 0.1) is 12.3 Å². The summed E-state index contributed by atoms with van der Waals surface area (Å²) >= 11 is 0. The van der Waals surface area contributed by atoms with Crippen molar-refractivity contribution in [1.82, 2.24) is 14.9 Å². The fourth-order valence-electron chi connectivity index (χ4n) is 4.77. The summed E-state index contributed by atoms with van der Waals surface area (Å²) in [5.74, 6) is -0.373. The Morgan fingerprint density at radius 2 is 1.83 bits per heavy atom. The lowest BCUT2D eigenvalue weighted by atomic mass is 9.98. The molecule has 3 aromatic rings. The molecule has 0 saturated carbocycles.